The van der Waals surface area contributed by atoms with Crippen LogP contribution >= 0.6 is 0 Å². The van der Waals surface area contributed by atoms with E-state index in [1.807, 2.05) is 0 Å². The minimum Gasteiger partial charge on any atom is -0.464 e. The van der Waals surface area contributed by atoms with E-state index in [2.05, 4.69) is 5.43 Å². The molecule has 1 atom stereocenters. The summed E-state index contributed by atoms with van der Waals surface area (Å²) in [7, 11) is 0. The lowest BCUT2D eigenvalue weighted by Crippen LogP contribution is -2.66. The van der Waals surface area contributed by atoms with Crippen LogP contribution in [0.4, 0.5) is 14.0 Å². The molecular formula is C28H27FN2O7. The molecular weight excluding hydrogens is 495 g/mol. The maximum Gasteiger partial charge on any atom is 0.430 e. The van der Waals surface area contributed by atoms with Crippen LogP contribution in [0.3, 0.4) is 0 Å². The highest BCUT2D eigenvalue weighted by Gasteiger charge is 2.53. The maximum absolute atomic E-state index is 13.6. The number of carbonyl (C=O) groups excluding carboxylic acids is 4. The largest absolute Gasteiger partial charge is 0.464 e. The number of esters is 1. The molecule has 0 aliphatic heterocycles. The van der Waals surface area contributed by atoms with Crippen molar-refractivity contribution in [3.8, 4) is 0 Å². The Bertz CT molecular complexity index is 1250. The lowest BCUT2D eigenvalue weighted by atomic mass is 9.90. The standard InChI is InChI=1S/C28H27FN2O7/c1-3-36-25(33)28(2,24(32)22-14-16-23(29)17-15-22)31(27(35)38-19-21-12-8-5-9-13-21)30-26(34)37-18-20-10-6-4-7-11-20/h4-17H,3,18-19H2,1-2H3,(H,30,34). The van der Waals surface area contributed by atoms with Crippen molar-refractivity contribution >= 4 is 23.9 Å². The van der Waals surface area contributed by atoms with Gasteiger partial charge in [0.05, 0.1) is 6.61 Å². The second-order valence-corrected chi connectivity index (χ2v) is 8.18. The topological polar surface area (TPSA) is 111 Å². The van der Waals surface area contributed by atoms with Gasteiger partial charge in [-0.3, -0.25) is 4.79 Å². The number of carbonyl (C=O) groups is 4. The van der Waals surface area contributed by atoms with E-state index < -0.39 is 35.3 Å². The van der Waals surface area contributed by atoms with Gasteiger partial charge in [-0.05, 0) is 49.2 Å². The van der Waals surface area contributed by atoms with Gasteiger partial charge >= 0.3 is 18.2 Å². The fourth-order valence-electron chi connectivity index (χ4n) is 3.41. The van der Waals surface area contributed by atoms with Crippen LogP contribution in [-0.2, 0) is 32.2 Å². The van der Waals surface area contributed by atoms with E-state index in [-0.39, 0.29) is 25.4 Å². The molecule has 38 heavy (non-hydrogen) atoms. The average molecular weight is 523 g/mol. The first-order valence-electron chi connectivity index (χ1n) is 11.7. The van der Waals surface area contributed by atoms with Crippen LogP contribution in [-0.4, -0.2) is 41.1 Å². The molecule has 3 aromatic rings. The SMILES string of the molecule is CCOC(=O)C(C)(C(=O)c1ccc(F)cc1)N(NC(=O)OCc1ccccc1)C(=O)OCc1ccccc1. The second-order valence-electron chi connectivity index (χ2n) is 8.18. The number of amides is 2. The van der Waals surface area contributed by atoms with E-state index in [0.29, 0.717) is 16.1 Å². The molecule has 1 unspecified atom stereocenters. The molecule has 3 rings (SSSR count). The number of hydrogen-bond acceptors (Lipinski definition) is 7. The molecule has 2 amide bonds. The molecule has 10 heteroatoms. The molecule has 9 nitrogen and oxygen atoms in total. The van der Waals surface area contributed by atoms with Crippen LogP contribution in [0, 0.1) is 5.82 Å². The van der Waals surface area contributed by atoms with E-state index >= 15 is 0 Å². The number of nitrogens with one attached hydrogen (secondary N) is 1. The molecule has 1 N–H and O–H groups in total. The average Bonchev–Trinajstić information content (AvgIpc) is 2.94. The highest BCUT2D eigenvalue weighted by atomic mass is 19.1. The number of benzene rings is 3. The zero-order valence-electron chi connectivity index (χ0n) is 20.9. The van der Waals surface area contributed by atoms with Crippen LogP contribution in [0.5, 0.6) is 0 Å². The number of halogens is 1. The van der Waals surface area contributed by atoms with E-state index in [4.69, 9.17) is 14.2 Å². The summed E-state index contributed by atoms with van der Waals surface area (Å²) in [5.74, 6) is -2.70. The number of hydrazine groups is 1. The molecule has 0 saturated heterocycles. The van der Waals surface area contributed by atoms with Gasteiger partial charge < -0.3 is 14.2 Å². The fourth-order valence-corrected chi connectivity index (χ4v) is 3.41. The monoisotopic (exact) mass is 522 g/mol. The third-order valence-electron chi connectivity index (χ3n) is 5.47. The maximum atomic E-state index is 13.6. The van der Waals surface area contributed by atoms with Crippen LogP contribution in [0.1, 0.15) is 35.3 Å². The van der Waals surface area contributed by atoms with Crippen molar-refractivity contribution < 1.29 is 37.8 Å². The highest BCUT2D eigenvalue weighted by Crippen LogP contribution is 2.24. The summed E-state index contributed by atoms with van der Waals surface area (Å²) in [6.07, 6.45) is -2.36. The quantitative estimate of drug-likeness (QED) is 0.141. The van der Waals surface area contributed by atoms with E-state index in [9.17, 15) is 23.6 Å². The molecule has 0 aromatic heterocycles. The van der Waals surface area contributed by atoms with Gasteiger partial charge in [0.2, 0.25) is 11.3 Å². The van der Waals surface area contributed by atoms with Gasteiger partial charge in [0.15, 0.2) is 0 Å². The number of rotatable bonds is 9. The van der Waals surface area contributed by atoms with E-state index in [1.54, 1.807) is 60.7 Å². The Morgan fingerprint density at radius 2 is 1.32 bits per heavy atom. The normalized spacial score (nSPS) is 12.0. The van der Waals surface area contributed by atoms with Crippen LogP contribution in [0.25, 0.3) is 0 Å². The molecule has 0 aliphatic carbocycles. The Hall–Kier alpha value is -4.73. The lowest BCUT2D eigenvalue weighted by Gasteiger charge is -2.36. The highest BCUT2D eigenvalue weighted by molar-refractivity contribution is 6.17. The van der Waals surface area contributed by atoms with E-state index in [1.165, 1.54) is 6.92 Å². The van der Waals surface area contributed by atoms with Gasteiger partial charge in [-0.1, -0.05) is 60.7 Å². The van der Waals surface area contributed by atoms with Gasteiger partial charge in [0, 0.05) is 5.56 Å². The Balaban J connectivity index is 1.94. The van der Waals surface area contributed by atoms with Gasteiger partial charge in [-0.25, -0.2) is 24.2 Å². The van der Waals surface area contributed by atoms with Crippen LogP contribution in [0.2, 0.25) is 0 Å². The number of nitrogens with zero attached hydrogens (tertiary/aromatic N) is 1. The van der Waals surface area contributed by atoms with Crippen molar-refractivity contribution in [2.75, 3.05) is 6.61 Å². The number of ketones is 1. The van der Waals surface area contributed by atoms with Gasteiger partial charge in [0.1, 0.15) is 19.0 Å². The second kappa shape index (κ2) is 13.0. The van der Waals surface area contributed by atoms with Crippen LogP contribution in [0.15, 0.2) is 84.9 Å². The summed E-state index contributed by atoms with van der Waals surface area (Å²) in [6.45, 7) is 2.11. The third-order valence-corrected chi connectivity index (χ3v) is 5.47. The van der Waals surface area contributed by atoms with Gasteiger partial charge in [0.25, 0.3) is 0 Å². The van der Waals surface area contributed by atoms with Crippen LogP contribution < -0.4 is 5.43 Å². The van der Waals surface area contributed by atoms with Crippen molar-refractivity contribution in [1.82, 2.24) is 10.4 Å². The molecule has 0 fully saturated rings. The van der Waals surface area contributed by atoms with Crippen molar-refractivity contribution in [3.63, 3.8) is 0 Å². The summed E-state index contributed by atoms with van der Waals surface area (Å²) < 4.78 is 29.1. The summed E-state index contributed by atoms with van der Waals surface area (Å²) in [5.41, 5.74) is 0.905. The first kappa shape index (κ1) is 27.9. The summed E-state index contributed by atoms with van der Waals surface area (Å²) >= 11 is 0. The molecule has 0 bridgehead atoms. The lowest BCUT2D eigenvalue weighted by molar-refractivity contribution is -0.154. The summed E-state index contributed by atoms with van der Waals surface area (Å²) in [5, 5.41) is 0.437. The predicted molar refractivity (Wildman–Crippen MR) is 134 cm³/mol. The molecule has 3 aromatic carbocycles. The van der Waals surface area contributed by atoms with E-state index in [0.717, 1.165) is 31.2 Å². The Labute approximate surface area is 219 Å². The zero-order valence-corrected chi connectivity index (χ0v) is 20.9. The van der Waals surface area contributed by atoms with Crippen molar-refractivity contribution in [2.24, 2.45) is 0 Å². The number of Topliss-reactive ketones (excluding diaryl/α,β-unsaturated/α-hetero) is 1. The molecule has 0 spiro atoms. The van der Waals surface area contributed by atoms with Crippen molar-refractivity contribution in [2.45, 2.75) is 32.6 Å². The first-order chi connectivity index (χ1) is 18.3. The molecule has 0 radical (unpaired) electrons. The Morgan fingerprint density at radius 3 is 1.84 bits per heavy atom. The van der Waals surface area contributed by atoms with Crippen molar-refractivity contribution in [3.05, 3.63) is 107 Å². The van der Waals surface area contributed by atoms with Gasteiger partial charge in [-0.15, -0.1) is 0 Å². The minimum atomic E-state index is -2.44. The number of hydrogen-bond donors (Lipinski definition) is 1. The molecule has 0 aliphatic rings. The Kier molecular flexibility index (Phi) is 9.53. The molecule has 0 heterocycles. The summed E-state index contributed by atoms with van der Waals surface area (Å²) in [4.78, 5) is 52.8. The van der Waals surface area contributed by atoms with Gasteiger partial charge in [-0.2, -0.15) is 5.01 Å². The van der Waals surface area contributed by atoms with Crippen molar-refractivity contribution in [1.29, 1.82) is 0 Å². The zero-order chi connectivity index (χ0) is 27.5. The smallest absolute Gasteiger partial charge is 0.430 e. The first-order valence-corrected chi connectivity index (χ1v) is 11.7. The third kappa shape index (κ3) is 6.94. The predicted octanol–water partition coefficient (Wildman–Crippen LogP) is 4.81. The minimum absolute atomic E-state index is 0.109. The molecule has 198 valence electrons. The Morgan fingerprint density at radius 1 is 0.789 bits per heavy atom. The summed E-state index contributed by atoms with van der Waals surface area (Å²) in [6, 6.07) is 21.7. The molecule has 0 saturated carbocycles. The fraction of sp³-hybridized carbons (Fsp3) is 0.214. The number of ether oxygens (including phenoxy) is 3.